The number of aliphatic carboxylic acids is 2. The molecule has 11 heteroatoms. The molecule has 2 bridgehead atoms. The molecule has 4 aliphatic rings. The van der Waals surface area contributed by atoms with E-state index in [-0.39, 0.29) is 30.0 Å². The fourth-order valence-electron chi connectivity index (χ4n) is 4.75. The number of likely N-dealkylation sites (tertiary alicyclic amines) is 1. The van der Waals surface area contributed by atoms with Crippen LogP contribution < -0.4 is 5.73 Å². The lowest BCUT2D eigenvalue weighted by Crippen LogP contribution is -2.54. The SMILES string of the molecule is C[C@@H](OC1CC1)[C@H](N)C(=O)N1C[C@H]2[C@@H]([C@H]1C(=O)O)[C@H]1C=C[C@@H]2C1.O=C(O)C(F)(F)F. The molecule has 8 nitrogen and oxygen atoms in total. The highest BCUT2D eigenvalue weighted by atomic mass is 19.4. The summed E-state index contributed by atoms with van der Waals surface area (Å²) >= 11 is 0. The second-order valence-corrected chi connectivity index (χ2v) is 8.33. The largest absolute Gasteiger partial charge is 0.490 e. The first-order valence-electron chi connectivity index (χ1n) is 9.84. The summed E-state index contributed by atoms with van der Waals surface area (Å²) in [4.78, 5) is 35.0. The predicted octanol–water partition coefficient (Wildman–Crippen LogP) is 1.25. The normalized spacial score (nSPS) is 33.5. The van der Waals surface area contributed by atoms with Gasteiger partial charge in [0.2, 0.25) is 5.91 Å². The third-order valence-corrected chi connectivity index (χ3v) is 6.30. The molecule has 0 radical (unpaired) electrons. The van der Waals surface area contributed by atoms with Gasteiger partial charge in [0, 0.05) is 12.5 Å². The first-order chi connectivity index (χ1) is 13.9. The number of nitrogens with two attached hydrogens (primary N) is 1. The first-order valence-corrected chi connectivity index (χ1v) is 9.84. The number of allylic oxidation sites excluding steroid dienone is 2. The molecule has 3 fully saturated rings. The van der Waals surface area contributed by atoms with E-state index in [4.69, 9.17) is 20.4 Å². The van der Waals surface area contributed by atoms with Crippen LogP contribution in [0, 0.1) is 23.7 Å². The van der Waals surface area contributed by atoms with Crippen LogP contribution in [0.1, 0.15) is 26.2 Å². The van der Waals surface area contributed by atoms with Crippen LogP contribution in [0.15, 0.2) is 12.2 Å². The molecular weight excluding hydrogens is 409 g/mol. The average molecular weight is 434 g/mol. The first kappa shape index (κ1) is 22.5. The molecule has 1 amide bonds. The van der Waals surface area contributed by atoms with Gasteiger partial charge in [-0.15, -0.1) is 0 Å². The molecule has 0 aromatic carbocycles. The number of carboxylic acids is 2. The second-order valence-electron chi connectivity index (χ2n) is 8.33. The lowest BCUT2D eigenvalue weighted by atomic mass is 9.82. The van der Waals surface area contributed by atoms with Crippen molar-refractivity contribution in [1.29, 1.82) is 0 Å². The molecule has 30 heavy (non-hydrogen) atoms. The molecule has 4 rings (SSSR count). The Morgan fingerprint density at radius 2 is 1.73 bits per heavy atom. The molecule has 1 saturated heterocycles. The number of halogens is 3. The van der Waals surface area contributed by atoms with Gasteiger partial charge < -0.3 is 25.6 Å². The van der Waals surface area contributed by atoms with Crippen LogP contribution in [0.5, 0.6) is 0 Å². The predicted molar refractivity (Wildman–Crippen MR) is 96.1 cm³/mol. The van der Waals surface area contributed by atoms with Crippen LogP contribution >= 0.6 is 0 Å². The Balaban J connectivity index is 0.000000318. The lowest BCUT2D eigenvalue weighted by molar-refractivity contribution is -0.192. The Morgan fingerprint density at radius 1 is 1.17 bits per heavy atom. The summed E-state index contributed by atoms with van der Waals surface area (Å²) in [6.45, 7) is 2.31. The number of carboxylic acid groups (broad SMARTS) is 2. The minimum atomic E-state index is -5.08. The maximum absolute atomic E-state index is 12.8. The smallest absolute Gasteiger partial charge is 0.480 e. The van der Waals surface area contributed by atoms with E-state index in [2.05, 4.69) is 12.2 Å². The van der Waals surface area contributed by atoms with E-state index < -0.39 is 30.2 Å². The zero-order chi connectivity index (χ0) is 22.4. The van der Waals surface area contributed by atoms with Crippen LogP contribution in [-0.2, 0) is 19.1 Å². The summed E-state index contributed by atoms with van der Waals surface area (Å²) in [7, 11) is 0. The monoisotopic (exact) mass is 434 g/mol. The van der Waals surface area contributed by atoms with Crippen molar-refractivity contribution in [3.8, 4) is 0 Å². The van der Waals surface area contributed by atoms with Gasteiger partial charge in [0.1, 0.15) is 12.1 Å². The summed E-state index contributed by atoms with van der Waals surface area (Å²) in [5.41, 5.74) is 6.09. The zero-order valence-electron chi connectivity index (χ0n) is 16.3. The molecule has 0 aromatic rings. The third-order valence-electron chi connectivity index (χ3n) is 6.30. The molecule has 0 aromatic heterocycles. The van der Waals surface area contributed by atoms with Gasteiger partial charge in [-0.05, 0) is 43.9 Å². The second kappa shape index (κ2) is 8.18. The summed E-state index contributed by atoms with van der Waals surface area (Å²) in [6.07, 6.45) is 2.16. The standard InChI is InChI=1S/C17H24N2O4.C2HF3O2/c1-8(23-11-4-5-11)14(18)16(20)19-7-12-9-2-3-10(6-9)13(12)15(19)17(21)22;3-2(4,5)1(6)7/h2-3,8-15H,4-7,18H2,1H3,(H,21,22);(H,6,7)/t8-,9-,10+,12-,13+,14+,15+;/m1./s1. The molecule has 0 unspecified atom stereocenters. The molecule has 1 heterocycles. The average Bonchev–Trinajstić information content (AvgIpc) is 3.08. The molecule has 168 valence electrons. The van der Waals surface area contributed by atoms with Gasteiger partial charge in [-0.25, -0.2) is 9.59 Å². The molecule has 7 atom stereocenters. The topological polar surface area (TPSA) is 130 Å². The number of carbonyl (C=O) groups excluding carboxylic acids is 1. The molecule has 4 N–H and O–H groups in total. The van der Waals surface area contributed by atoms with Gasteiger partial charge in [0.15, 0.2) is 0 Å². The molecule has 3 aliphatic carbocycles. The van der Waals surface area contributed by atoms with E-state index in [0.29, 0.717) is 18.4 Å². The quantitative estimate of drug-likeness (QED) is 0.555. The number of amides is 1. The number of hydrogen-bond donors (Lipinski definition) is 3. The Hall–Kier alpha value is -2.14. The van der Waals surface area contributed by atoms with Gasteiger partial charge in [0.25, 0.3) is 0 Å². The summed E-state index contributed by atoms with van der Waals surface area (Å²) in [5, 5.41) is 16.8. The molecule has 0 spiro atoms. The zero-order valence-corrected chi connectivity index (χ0v) is 16.3. The van der Waals surface area contributed by atoms with Gasteiger partial charge in [0.05, 0.1) is 12.2 Å². The van der Waals surface area contributed by atoms with Gasteiger partial charge in [-0.2, -0.15) is 13.2 Å². The van der Waals surface area contributed by atoms with Crippen LogP contribution in [-0.4, -0.2) is 70.0 Å². The number of hydrogen-bond acceptors (Lipinski definition) is 5. The van der Waals surface area contributed by atoms with E-state index in [1.165, 1.54) is 4.90 Å². The van der Waals surface area contributed by atoms with E-state index in [1.54, 1.807) is 6.92 Å². The molecule has 2 saturated carbocycles. The van der Waals surface area contributed by atoms with Crippen molar-refractivity contribution in [3.63, 3.8) is 0 Å². The minimum Gasteiger partial charge on any atom is -0.480 e. The Bertz CT molecular complexity index is 738. The van der Waals surface area contributed by atoms with E-state index >= 15 is 0 Å². The van der Waals surface area contributed by atoms with Crippen LogP contribution in [0.25, 0.3) is 0 Å². The number of carbonyl (C=O) groups is 3. The lowest BCUT2D eigenvalue weighted by Gasteiger charge is -2.30. The highest BCUT2D eigenvalue weighted by Crippen LogP contribution is 2.54. The van der Waals surface area contributed by atoms with Crippen molar-refractivity contribution < 1.29 is 42.5 Å². The summed E-state index contributed by atoms with van der Waals surface area (Å²) in [5.74, 6) is -2.93. The van der Waals surface area contributed by atoms with E-state index in [0.717, 1.165) is 19.3 Å². The highest BCUT2D eigenvalue weighted by molar-refractivity contribution is 5.88. The molecular formula is C19H25F3N2O6. The third kappa shape index (κ3) is 4.46. The van der Waals surface area contributed by atoms with E-state index in [1.807, 2.05) is 0 Å². The Morgan fingerprint density at radius 3 is 2.23 bits per heavy atom. The van der Waals surface area contributed by atoms with E-state index in [9.17, 15) is 27.9 Å². The highest BCUT2D eigenvalue weighted by Gasteiger charge is 2.58. The van der Waals surface area contributed by atoms with Gasteiger partial charge in [-0.1, -0.05) is 12.2 Å². The minimum absolute atomic E-state index is 0.0401. The maximum Gasteiger partial charge on any atom is 0.490 e. The number of fused-ring (bicyclic) bond motifs is 5. The van der Waals surface area contributed by atoms with Crippen molar-refractivity contribution in [2.45, 2.75) is 56.7 Å². The molecule has 1 aliphatic heterocycles. The number of rotatable bonds is 5. The van der Waals surface area contributed by atoms with Crippen LogP contribution in [0.3, 0.4) is 0 Å². The fourth-order valence-corrected chi connectivity index (χ4v) is 4.75. The van der Waals surface area contributed by atoms with Crippen molar-refractivity contribution in [2.75, 3.05) is 6.54 Å². The number of nitrogens with zero attached hydrogens (tertiary/aromatic N) is 1. The fraction of sp³-hybridized carbons (Fsp3) is 0.737. The van der Waals surface area contributed by atoms with Gasteiger partial charge >= 0.3 is 18.1 Å². The van der Waals surface area contributed by atoms with Crippen LogP contribution in [0.4, 0.5) is 13.2 Å². The number of alkyl halides is 3. The van der Waals surface area contributed by atoms with Crippen molar-refractivity contribution >= 4 is 17.8 Å². The van der Waals surface area contributed by atoms with Crippen molar-refractivity contribution in [2.24, 2.45) is 29.4 Å². The summed E-state index contributed by atoms with van der Waals surface area (Å²) < 4.78 is 37.5. The Labute approximate surface area is 170 Å². The van der Waals surface area contributed by atoms with Crippen molar-refractivity contribution in [3.05, 3.63) is 12.2 Å². The number of ether oxygens (including phenoxy) is 1. The van der Waals surface area contributed by atoms with Gasteiger partial charge in [-0.3, -0.25) is 4.79 Å². The van der Waals surface area contributed by atoms with Crippen molar-refractivity contribution in [1.82, 2.24) is 4.90 Å². The summed E-state index contributed by atoms with van der Waals surface area (Å²) in [6, 6.07) is -1.53. The maximum atomic E-state index is 12.8. The van der Waals surface area contributed by atoms with Crippen LogP contribution in [0.2, 0.25) is 0 Å². The Kier molecular flexibility index (Phi) is 6.15.